The fourth-order valence-corrected chi connectivity index (χ4v) is 2.16. The first-order chi connectivity index (χ1) is 9.60. The quantitative estimate of drug-likeness (QED) is 0.513. The number of ether oxygens (including phenoxy) is 1. The summed E-state index contributed by atoms with van der Waals surface area (Å²) in [6.45, 7) is 2.88. The van der Waals surface area contributed by atoms with Crippen molar-refractivity contribution in [3.8, 4) is 5.75 Å². The first-order valence-electron chi connectivity index (χ1n) is 6.62. The van der Waals surface area contributed by atoms with E-state index in [0.29, 0.717) is 23.0 Å². The predicted molar refractivity (Wildman–Crippen MR) is 77.2 cm³/mol. The number of unbranched alkanes of at least 4 members (excludes halogenated alkanes) is 1. The van der Waals surface area contributed by atoms with Crippen molar-refractivity contribution in [1.29, 1.82) is 0 Å². The second-order valence-corrected chi connectivity index (χ2v) is 5.08. The van der Waals surface area contributed by atoms with Crippen LogP contribution in [0.15, 0.2) is 18.2 Å². The van der Waals surface area contributed by atoms with Crippen LogP contribution in [0.25, 0.3) is 0 Å². The van der Waals surface area contributed by atoms with Crippen LogP contribution < -0.4 is 15.0 Å². The second-order valence-electron chi connectivity index (χ2n) is 4.65. The van der Waals surface area contributed by atoms with Gasteiger partial charge in [0.1, 0.15) is 6.54 Å². The number of nitrogens with one attached hydrogen (secondary N) is 1. The first-order valence-corrected chi connectivity index (χ1v) is 7.00. The van der Waals surface area contributed by atoms with Crippen molar-refractivity contribution < 1.29 is 14.3 Å². The molecule has 0 spiro atoms. The molecule has 20 heavy (non-hydrogen) atoms. The van der Waals surface area contributed by atoms with Crippen molar-refractivity contribution in [3.63, 3.8) is 0 Å². The molecule has 1 heterocycles. The van der Waals surface area contributed by atoms with E-state index in [-0.39, 0.29) is 25.0 Å². The zero-order chi connectivity index (χ0) is 14.5. The SMILES string of the molecule is CCCCNC(=O)CN1CC(=O)Oc2ccc(Cl)cc21. The Morgan fingerprint density at radius 3 is 3.05 bits per heavy atom. The van der Waals surface area contributed by atoms with Crippen molar-refractivity contribution >= 4 is 29.2 Å². The molecule has 0 bridgehead atoms. The Kier molecular flexibility index (Phi) is 4.84. The molecular formula is C14H17ClN2O3. The molecule has 0 unspecified atom stereocenters. The standard InChI is InChI=1S/C14H17ClN2O3/c1-2-3-6-16-13(18)8-17-9-14(19)20-12-5-4-10(15)7-11(12)17/h4-5,7H,2-3,6,8-9H2,1H3,(H,16,18). The molecule has 1 amide bonds. The summed E-state index contributed by atoms with van der Waals surface area (Å²) in [5.74, 6) is -0.0488. The number of nitrogens with zero attached hydrogens (tertiary/aromatic N) is 1. The lowest BCUT2D eigenvalue weighted by molar-refractivity contribution is -0.133. The molecule has 5 nitrogen and oxygen atoms in total. The maximum atomic E-state index is 11.8. The number of benzene rings is 1. The molecule has 1 aliphatic rings. The fourth-order valence-electron chi connectivity index (χ4n) is 1.99. The van der Waals surface area contributed by atoms with Crippen LogP contribution in [-0.2, 0) is 9.59 Å². The van der Waals surface area contributed by atoms with Gasteiger partial charge in [0, 0.05) is 11.6 Å². The number of hydrogen-bond donors (Lipinski definition) is 1. The third kappa shape index (κ3) is 3.63. The van der Waals surface area contributed by atoms with Crippen LogP contribution >= 0.6 is 11.6 Å². The van der Waals surface area contributed by atoms with Gasteiger partial charge in [0.2, 0.25) is 5.91 Å². The van der Waals surface area contributed by atoms with Gasteiger partial charge in [-0.1, -0.05) is 24.9 Å². The molecule has 0 aromatic heterocycles. The fraction of sp³-hybridized carbons (Fsp3) is 0.429. The Hall–Kier alpha value is -1.75. The predicted octanol–water partition coefficient (Wildman–Crippen LogP) is 1.98. The third-order valence-electron chi connectivity index (χ3n) is 2.99. The van der Waals surface area contributed by atoms with Gasteiger partial charge in [0.25, 0.3) is 0 Å². The Bertz CT molecular complexity index is 519. The van der Waals surface area contributed by atoms with Crippen LogP contribution in [-0.4, -0.2) is 31.5 Å². The highest BCUT2D eigenvalue weighted by Gasteiger charge is 2.25. The van der Waals surface area contributed by atoms with Gasteiger partial charge in [-0.05, 0) is 24.6 Å². The molecule has 0 radical (unpaired) electrons. The molecule has 0 aliphatic carbocycles. The average molecular weight is 297 g/mol. The maximum Gasteiger partial charge on any atom is 0.331 e. The van der Waals surface area contributed by atoms with Gasteiger partial charge in [0.05, 0.1) is 12.2 Å². The zero-order valence-electron chi connectivity index (χ0n) is 11.3. The summed E-state index contributed by atoms with van der Waals surface area (Å²) < 4.78 is 5.13. The molecule has 6 heteroatoms. The zero-order valence-corrected chi connectivity index (χ0v) is 12.1. The molecule has 2 rings (SSSR count). The molecule has 0 atom stereocenters. The number of anilines is 1. The summed E-state index contributed by atoms with van der Waals surface area (Å²) >= 11 is 5.95. The molecule has 1 N–H and O–H groups in total. The number of hydrogen-bond acceptors (Lipinski definition) is 4. The van der Waals surface area contributed by atoms with Gasteiger partial charge in [-0.15, -0.1) is 0 Å². The molecule has 0 saturated heterocycles. The van der Waals surface area contributed by atoms with Crippen LogP contribution in [0, 0.1) is 0 Å². The van der Waals surface area contributed by atoms with Gasteiger partial charge >= 0.3 is 5.97 Å². The monoisotopic (exact) mass is 296 g/mol. The molecule has 1 aliphatic heterocycles. The van der Waals surface area contributed by atoms with Crippen LogP contribution in [0.1, 0.15) is 19.8 Å². The van der Waals surface area contributed by atoms with Crippen molar-refractivity contribution in [1.82, 2.24) is 5.32 Å². The van der Waals surface area contributed by atoms with Gasteiger partial charge in [-0.2, -0.15) is 0 Å². The number of carbonyl (C=O) groups is 2. The lowest BCUT2D eigenvalue weighted by Crippen LogP contribution is -2.43. The molecule has 108 valence electrons. The van der Waals surface area contributed by atoms with Crippen LogP contribution in [0.5, 0.6) is 5.75 Å². The van der Waals surface area contributed by atoms with Crippen molar-refractivity contribution in [2.75, 3.05) is 24.5 Å². The normalized spacial score (nSPS) is 13.7. The van der Waals surface area contributed by atoms with Crippen molar-refractivity contribution in [2.45, 2.75) is 19.8 Å². The average Bonchev–Trinajstić information content (AvgIpc) is 2.40. The van der Waals surface area contributed by atoms with E-state index in [9.17, 15) is 9.59 Å². The molecule has 0 saturated carbocycles. The van der Waals surface area contributed by atoms with E-state index >= 15 is 0 Å². The van der Waals surface area contributed by atoms with Crippen LogP contribution in [0.4, 0.5) is 5.69 Å². The van der Waals surface area contributed by atoms with Crippen LogP contribution in [0.3, 0.4) is 0 Å². The van der Waals surface area contributed by atoms with E-state index in [1.165, 1.54) is 0 Å². The summed E-state index contributed by atoms with van der Waals surface area (Å²) in [5, 5.41) is 3.37. The van der Waals surface area contributed by atoms with Gasteiger partial charge in [-0.3, -0.25) is 4.79 Å². The highest BCUT2D eigenvalue weighted by Crippen LogP contribution is 2.34. The van der Waals surface area contributed by atoms with E-state index in [0.717, 1.165) is 12.8 Å². The van der Waals surface area contributed by atoms with E-state index in [4.69, 9.17) is 16.3 Å². The molecule has 0 fully saturated rings. The number of amides is 1. The molecule has 1 aromatic carbocycles. The van der Waals surface area contributed by atoms with Gasteiger partial charge in [0.15, 0.2) is 5.75 Å². The highest BCUT2D eigenvalue weighted by atomic mass is 35.5. The van der Waals surface area contributed by atoms with Gasteiger partial charge < -0.3 is 15.0 Å². The summed E-state index contributed by atoms with van der Waals surface area (Å²) in [6.07, 6.45) is 1.96. The minimum Gasteiger partial charge on any atom is -0.423 e. The lowest BCUT2D eigenvalue weighted by atomic mass is 10.2. The van der Waals surface area contributed by atoms with Gasteiger partial charge in [-0.25, -0.2) is 4.79 Å². The lowest BCUT2D eigenvalue weighted by Gasteiger charge is -2.29. The van der Waals surface area contributed by atoms with Crippen molar-refractivity contribution in [3.05, 3.63) is 23.2 Å². The molecule has 1 aromatic rings. The minimum absolute atomic E-state index is 0.0501. The number of rotatable bonds is 5. The summed E-state index contributed by atoms with van der Waals surface area (Å²) in [6, 6.07) is 4.98. The summed E-state index contributed by atoms with van der Waals surface area (Å²) in [7, 11) is 0. The molecular weight excluding hydrogens is 280 g/mol. The van der Waals surface area contributed by atoms with E-state index in [1.54, 1.807) is 23.1 Å². The Morgan fingerprint density at radius 1 is 1.50 bits per heavy atom. The van der Waals surface area contributed by atoms with E-state index < -0.39 is 0 Å². The number of carbonyl (C=O) groups excluding carboxylic acids is 2. The van der Waals surface area contributed by atoms with E-state index in [1.807, 2.05) is 0 Å². The Morgan fingerprint density at radius 2 is 2.30 bits per heavy atom. The summed E-state index contributed by atoms with van der Waals surface area (Å²) in [4.78, 5) is 25.1. The Labute approximate surface area is 122 Å². The van der Waals surface area contributed by atoms with E-state index in [2.05, 4.69) is 12.2 Å². The number of fused-ring (bicyclic) bond motifs is 1. The highest BCUT2D eigenvalue weighted by molar-refractivity contribution is 6.31. The number of esters is 1. The number of halogens is 1. The second kappa shape index (κ2) is 6.61. The third-order valence-corrected chi connectivity index (χ3v) is 3.23. The smallest absolute Gasteiger partial charge is 0.331 e. The first kappa shape index (κ1) is 14.7. The largest absolute Gasteiger partial charge is 0.423 e. The Balaban J connectivity index is 2.07. The minimum atomic E-state index is -0.374. The maximum absolute atomic E-state index is 11.8. The van der Waals surface area contributed by atoms with Crippen LogP contribution in [0.2, 0.25) is 5.02 Å². The topological polar surface area (TPSA) is 58.6 Å². The summed E-state index contributed by atoms with van der Waals surface area (Å²) in [5.41, 5.74) is 0.669. The van der Waals surface area contributed by atoms with Crippen molar-refractivity contribution in [2.24, 2.45) is 0 Å².